The van der Waals surface area contributed by atoms with Crippen molar-refractivity contribution in [2.24, 2.45) is 11.8 Å². The van der Waals surface area contributed by atoms with Gasteiger partial charge in [-0.3, -0.25) is 9.59 Å². The lowest BCUT2D eigenvalue weighted by Crippen LogP contribution is -2.53. The van der Waals surface area contributed by atoms with E-state index in [9.17, 15) is 9.59 Å². The maximum atomic E-state index is 13.5. The van der Waals surface area contributed by atoms with E-state index in [1.54, 1.807) is 0 Å². The quantitative estimate of drug-likeness (QED) is 0.764. The summed E-state index contributed by atoms with van der Waals surface area (Å²) in [5.41, 5.74) is 3.50. The second-order valence-electron chi connectivity index (χ2n) is 9.01. The molecule has 2 atom stereocenters. The summed E-state index contributed by atoms with van der Waals surface area (Å²) in [6.45, 7) is 3.90. The number of hydrogen-bond acceptors (Lipinski definition) is 3. The first-order valence-electron chi connectivity index (χ1n) is 11.7. The van der Waals surface area contributed by atoms with Crippen molar-refractivity contribution in [1.82, 2.24) is 4.90 Å². The SMILES string of the molecule is O=C(C1CCCCC1C(=O)N1CCc2ccccc21)N1CCN(c2ccccc2)CC1. The summed E-state index contributed by atoms with van der Waals surface area (Å²) in [5.74, 6) is 0.000937. The van der Waals surface area contributed by atoms with Gasteiger partial charge in [0, 0.05) is 50.0 Å². The average molecular weight is 418 g/mol. The van der Waals surface area contributed by atoms with Crippen LogP contribution in [0.2, 0.25) is 0 Å². The van der Waals surface area contributed by atoms with Crippen LogP contribution in [0.5, 0.6) is 0 Å². The number of amides is 2. The summed E-state index contributed by atoms with van der Waals surface area (Å²) in [6.07, 6.45) is 4.66. The van der Waals surface area contributed by atoms with Crippen molar-refractivity contribution < 1.29 is 9.59 Å². The van der Waals surface area contributed by atoms with E-state index < -0.39 is 0 Å². The summed E-state index contributed by atoms with van der Waals surface area (Å²) >= 11 is 0. The first-order chi connectivity index (χ1) is 15.2. The molecule has 2 unspecified atom stereocenters. The number of nitrogens with zero attached hydrogens (tertiary/aromatic N) is 3. The number of benzene rings is 2. The molecule has 162 valence electrons. The molecule has 0 N–H and O–H groups in total. The van der Waals surface area contributed by atoms with E-state index in [0.717, 1.165) is 70.5 Å². The van der Waals surface area contributed by atoms with Crippen molar-refractivity contribution in [2.45, 2.75) is 32.1 Å². The lowest BCUT2D eigenvalue weighted by molar-refractivity contribution is -0.143. The largest absolute Gasteiger partial charge is 0.368 e. The van der Waals surface area contributed by atoms with Crippen LogP contribution in [0.15, 0.2) is 54.6 Å². The van der Waals surface area contributed by atoms with E-state index in [1.165, 1.54) is 11.3 Å². The molecule has 2 heterocycles. The zero-order valence-electron chi connectivity index (χ0n) is 18.1. The Balaban J connectivity index is 1.27. The molecular formula is C26H31N3O2. The number of carbonyl (C=O) groups is 2. The molecule has 2 aromatic rings. The van der Waals surface area contributed by atoms with Crippen molar-refractivity contribution in [3.8, 4) is 0 Å². The maximum absolute atomic E-state index is 13.5. The molecule has 1 aliphatic carbocycles. The van der Waals surface area contributed by atoms with E-state index in [2.05, 4.69) is 35.2 Å². The summed E-state index contributed by atoms with van der Waals surface area (Å²) < 4.78 is 0. The molecule has 1 saturated heterocycles. The van der Waals surface area contributed by atoms with E-state index in [-0.39, 0.29) is 23.7 Å². The van der Waals surface area contributed by atoms with E-state index >= 15 is 0 Å². The first kappa shape index (κ1) is 20.1. The highest BCUT2D eigenvalue weighted by Crippen LogP contribution is 2.37. The fourth-order valence-corrected chi connectivity index (χ4v) is 5.55. The van der Waals surface area contributed by atoms with Gasteiger partial charge in [0.2, 0.25) is 11.8 Å². The molecular weight excluding hydrogens is 386 g/mol. The molecule has 0 spiro atoms. The second-order valence-corrected chi connectivity index (χ2v) is 9.01. The predicted molar refractivity (Wildman–Crippen MR) is 123 cm³/mol. The summed E-state index contributed by atoms with van der Waals surface area (Å²) in [7, 11) is 0. The summed E-state index contributed by atoms with van der Waals surface area (Å²) in [5, 5.41) is 0. The molecule has 1 saturated carbocycles. The van der Waals surface area contributed by atoms with Crippen molar-refractivity contribution in [3.05, 3.63) is 60.2 Å². The van der Waals surface area contributed by atoms with Crippen LogP contribution < -0.4 is 9.80 Å². The highest BCUT2D eigenvalue weighted by molar-refractivity contribution is 5.99. The van der Waals surface area contributed by atoms with Gasteiger partial charge in [0.25, 0.3) is 0 Å². The maximum Gasteiger partial charge on any atom is 0.230 e. The smallest absolute Gasteiger partial charge is 0.230 e. The number of piperazine rings is 1. The average Bonchev–Trinajstić information content (AvgIpc) is 3.28. The molecule has 3 aliphatic rings. The van der Waals surface area contributed by atoms with Crippen LogP contribution >= 0.6 is 0 Å². The second kappa shape index (κ2) is 8.74. The van der Waals surface area contributed by atoms with E-state index in [1.807, 2.05) is 34.1 Å². The fraction of sp³-hybridized carbons (Fsp3) is 0.462. The molecule has 2 aliphatic heterocycles. The Labute approximate surface area is 184 Å². The van der Waals surface area contributed by atoms with Crippen molar-refractivity contribution in [3.63, 3.8) is 0 Å². The Kier molecular flexibility index (Phi) is 5.66. The summed E-state index contributed by atoms with van der Waals surface area (Å²) in [6, 6.07) is 18.6. The third kappa shape index (κ3) is 3.93. The normalized spacial score (nSPS) is 23.5. The fourth-order valence-electron chi connectivity index (χ4n) is 5.55. The topological polar surface area (TPSA) is 43.9 Å². The van der Waals surface area contributed by atoms with E-state index in [0.29, 0.717) is 0 Å². The standard InChI is InChI=1S/C26H31N3O2/c30-25(28-18-16-27(17-19-28)21-9-2-1-3-10-21)22-11-5-6-12-23(22)26(31)29-15-14-20-8-4-7-13-24(20)29/h1-4,7-10,13,22-23H,5-6,11-12,14-19H2. The Morgan fingerprint density at radius 1 is 0.710 bits per heavy atom. The molecule has 0 bridgehead atoms. The van der Waals surface area contributed by atoms with Crippen LogP contribution in [0.25, 0.3) is 0 Å². The molecule has 2 amide bonds. The van der Waals surface area contributed by atoms with Crippen molar-refractivity contribution >= 4 is 23.2 Å². The molecule has 31 heavy (non-hydrogen) atoms. The number of anilines is 2. The lowest BCUT2D eigenvalue weighted by atomic mass is 9.77. The number of rotatable bonds is 3. The number of para-hydroxylation sites is 2. The number of carbonyl (C=O) groups excluding carboxylic acids is 2. The Morgan fingerprint density at radius 3 is 2.10 bits per heavy atom. The molecule has 0 aromatic heterocycles. The van der Waals surface area contributed by atoms with Gasteiger partial charge in [0.15, 0.2) is 0 Å². The van der Waals surface area contributed by atoms with Crippen LogP contribution in [-0.2, 0) is 16.0 Å². The Hall–Kier alpha value is -2.82. The monoisotopic (exact) mass is 417 g/mol. The Bertz CT molecular complexity index is 937. The minimum absolute atomic E-state index is 0.158. The van der Waals surface area contributed by atoms with Gasteiger partial charge in [-0.15, -0.1) is 0 Å². The lowest BCUT2D eigenvalue weighted by Gasteiger charge is -2.40. The number of hydrogen-bond donors (Lipinski definition) is 0. The first-order valence-corrected chi connectivity index (χ1v) is 11.7. The van der Waals surface area contributed by atoms with Crippen LogP contribution in [0.1, 0.15) is 31.2 Å². The van der Waals surface area contributed by atoms with Crippen LogP contribution in [0.3, 0.4) is 0 Å². The van der Waals surface area contributed by atoms with E-state index in [4.69, 9.17) is 0 Å². The van der Waals surface area contributed by atoms with Crippen LogP contribution in [-0.4, -0.2) is 49.4 Å². The highest BCUT2D eigenvalue weighted by atomic mass is 16.2. The van der Waals surface area contributed by atoms with Crippen LogP contribution in [0.4, 0.5) is 11.4 Å². The van der Waals surface area contributed by atoms with Gasteiger partial charge in [-0.2, -0.15) is 0 Å². The van der Waals surface area contributed by atoms with Crippen molar-refractivity contribution in [2.75, 3.05) is 42.5 Å². The van der Waals surface area contributed by atoms with Gasteiger partial charge in [-0.05, 0) is 43.0 Å². The molecule has 2 fully saturated rings. The van der Waals surface area contributed by atoms with Gasteiger partial charge in [-0.1, -0.05) is 49.2 Å². The number of fused-ring (bicyclic) bond motifs is 1. The van der Waals surface area contributed by atoms with Gasteiger partial charge in [-0.25, -0.2) is 0 Å². The third-order valence-corrected chi connectivity index (χ3v) is 7.27. The third-order valence-electron chi connectivity index (χ3n) is 7.27. The van der Waals surface area contributed by atoms with Gasteiger partial charge < -0.3 is 14.7 Å². The molecule has 0 radical (unpaired) electrons. The molecule has 5 rings (SSSR count). The van der Waals surface area contributed by atoms with Gasteiger partial charge in [0.05, 0.1) is 5.92 Å². The van der Waals surface area contributed by atoms with Gasteiger partial charge >= 0.3 is 0 Å². The predicted octanol–water partition coefficient (Wildman–Crippen LogP) is 3.73. The molecule has 5 nitrogen and oxygen atoms in total. The zero-order chi connectivity index (χ0) is 21.2. The zero-order valence-corrected chi connectivity index (χ0v) is 18.1. The highest BCUT2D eigenvalue weighted by Gasteiger charge is 2.41. The van der Waals surface area contributed by atoms with Gasteiger partial charge in [0.1, 0.15) is 0 Å². The molecule has 2 aromatic carbocycles. The van der Waals surface area contributed by atoms with Crippen LogP contribution in [0, 0.1) is 11.8 Å². The van der Waals surface area contributed by atoms with Crippen molar-refractivity contribution in [1.29, 1.82) is 0 Å². The minimum Gasteiger partial charge on any atom is -0.368 e. The Morgan fingerprint density at radius 2 is 1.35 bits per heavy atom. The molecule has 5 heteroatoms. The summed E-state index contributed by atoms with van der Waals surface area (Å²) in [4.78, 5) is 33.3. The minimum atomic E-state index is -0.181.